The Hall–Kier alpha value is -1.58. The Morgan fingerprint density at radius 1 is 0.727 bits per heavy atom. The topological polar surface area (TPSA) is 93.1 Å². The van der Waals surface area contributed by atoms with Crippen molar-refractivity contribution < 1.29 is 28.0 Å². The highest BCUT2D eigenvalue weighted by Crippen LogP contribution is 2.51. The molecule has 0 aliphatic rings. The zero-order valence-corrected chi connectivity index (χ0v) is 13.4. The predicted octanol–water partition coefficient (Wildman–Crippen LogP) is 3.52. The van der Waals surface area contributed by atoms with Crippen LogP contribution in [0.2, 0.25) is 0 Å². The van der Waals surface area contributed by atoms with Crippen LogP contribution in [0.4, 0.5) is 0 Å². The van der Waals surface area contributed by atoms with E-state index in [9.17, 15) is 9.13 Å². The van der Waals surface area contributed by atoms with E-state index in [2.05, 4.69) is 0 Å². The van der Waals surface area contributed by atoms with Gasteiger partial charge in [0.2, 0.25) is 0 Å². The van der Waals surface area contributed by atoms with Crippen LogP contribution in [0.5, 0.6) is 11.5 Å². The number of para-hydroxylation sites is 2. The summed E-state index contributed by atoms with van der Waals surface area (Å²) in [7, 11) is -8.06. The average molecular weight is 342 g/mol. The van der Waals surface area contributed by atoms with Gasteiger partial charge in [-0.2, -0.15) is 0 Å². The Morgan fingerprint density at radius 2 is 1.14 bits per heavy atom. The van der Waals surface area contributed by atoms with E-state index in [0.29, 0.717) is 11.5 Å². The minimum atomic E-state index is -4.30. The van der Waals surface area contributed by atoms with Crippen molar-refractivity contribution in [2.24, 2.45) is 0 Å². The summed E-state index contributed by atoms with van der Waals surface area (Å²) in [6.07, 6.45) is -0.967. The van der Waals surface area contributed by atoms with Gasteiger partial charge in [-0.15, -0.1) is 0 Å². The molecule has 2 rings (SSSR count). The molecule has 2 aromatic rings. The first-order chi connectivity index (χ1) is 10.4. The Balaban J connectivity index is 2.19. The molecule has 0 bridgehead atoms. The molecule has 0 radical (unpaired) electrons. The fraction of sp³-hybridized carbons (Fsp3) is 0.143. The quantitative estimate of drug-likeness (QED) is 0.748. The van der Waals surface area contributed by atoms with Crippen LogP contribution in [-0.4, -0.2) is 22.1 Å². The van der Waals surface area contributed by atoms with E-state index >= 15 is 0 Å². The fourth-order valence-corrected chi connectivity index (χ4v) is 4.77. The second kappa shape index (κ2) is 7.12. The Bertz CT molecular complexity index is 637. The highest BCUT2D eigenvalue weighted by Gasteiger charge is 2.31. The third kappa shape index (κ3) is 5.66. The molecule has 8 heteroatoms. The molecule has 2 aromatic carbocycles. The summed E-state index contributed by atoms with van der Waals surface area (Å²) in [4.78, 5) is 18.0. The molecule has 6 nitrogen and oxygen atoms in total. The summed E-state index contributed by atoms with van der Waals surface area (Å²) >= 11 is 0. The maximum absolute atomic E-state index is 12.8. The second-order valence-electron chi connectivity index (χ2n) is 4.53. The molecular weight excluding hydrogens is 326 g/mol. The summed E-state index contributed by atoms with van der Waals surface area (Å²) in [5.41, 5.74) is 0. The normalized spacial score (nSPS) is 11.9. The number of hydrogen-bond donors (Lipinski definition) is 2. The highest BCUT2D eigenvalue weighted by atomic mass is 31.2. The first-order valence-electron chi connectivity index (χ1n) is 6.49. The molecule has 118 valence electrons. The molecule has 0 unspecified atom stereocenters. The van der Waals surface area contributed by atoms with Crippen LogP contribution in [0, 0.1) is 0 Å². The van der Waals surface area contributed by atoms with E-state index in [-0.39, 0.29) is 6.16 Å². The van der Waals surface area contributed by atoms with Gasteiger partial charge in [-0.1, -0.05) is 36.4 Å². The lowest BCUT2D eigenvalue weighted by Crippen LogP contribution is -2.08. The van der Waals surface area contributed by atoms with E-state index in [1.54, 1.807) is 60.7 Å². The summed E-state index contributed by atoms with van der Waals surface area (Å²) in [6, 6.07) is 16.7. The van der Waals surface area contributed by atoms with Gasteiger partial charge in [-0.05, 0) is 24.3 Å². The SMILES string of the molecule is O=P(O)(O)CCP(=O)(Oc1ccccc1)Oc1ccccc1. The van der Waals surface area contributed by atoms with Crippen LogP contribution in [0.1, 0.15) is 0 Å². The minimum Gasteiger partial charge on any atom is -0.416 e. The van der Waals surface area contributed by atoms with E-state index in [0.717, 1.165) is 0 Å². The molecule has 0 aliphatic carbocycles. The van der Waals surface area contributed by atoms with Gasteiger partial charge in [-0.3, -0.25) is 4.57 Å². The van der Waals surface area contributed by atoms with Crippen molar-refractivity contribution in [3.63, 3.8) is 0 Å². The van der Waals surface area contributed by atoms with Crippen molar-refractivity contribution in [1.82, 2.24) is 0 Å². The van der Waals surface area contributed by atoms with Crippen LogP contribution in [0.15, 0.2) is 60.7 Å². The number of benzene rings is 2. The molecule has 0 fully saturated rings. The highest BCUT2D eigenvalue weighted by molar-refractivity contribution is 7.57. The molecule has 0 saturated heterocycles. The molecular formula is C14H16O6P2. The third-order valence-corrected chi connectivity index (χ3v) is 5.55. The van der Waals surface area contributed by atoms with Gasteiger partial charge in [0.05, 0.1) is 12.3 Å². The Kier molecular flexibility index (Phi) is 5.43. The van der Waals surface area contributed by atoms with Gasteiger partial charge in [-0.25, -0.2) is 4.57 Å². The van der Waals surface area contributed by atoms with Gasteiger partial charge in [0, 0.05) is 0 Å². The molecule has 0 amide bonds. The molecule has 2 N–H and O–H groups in total. The van der Waals surface area contributed by atoms with E-state index in [1.807, 2.05) is 0 Å². The molecule has 0 saturated carbocycles. The first-order valence-corrected chi connectivity index (χ1v) is 10.0. The monoisotopic (exact) mass is 342 g/mol. The Morgan fingerprint density at radius 3 is 1.50 bits per heavy atom. The zero-order valence-electron chi connectivity index (χ0n) is 11.6. The second-order valence-corrected chi connectivity index (χ2v) is 8.34. The zero-order chi connectivity index (χ0) is 16.1. The molecule has 0 aliphatic heterocycles. The molecule has 0 aromatic heterocycles. The van der Waals surface area contributed by atoms with Crippen LogP contribution in [0.3, 0.4) is 0 Å². The van der Waals surface area contributed by atoms with E-state index in [1.165, 1.54) is 0 Å². The van der Waals surface area contributed by atoms with E-state index in [4.69, 9.17) is 18.8 Å². The maximum atomic E-state index is 12.8. The molecule has 0 heterocycles. The van der Waals surface area contributed by atoms with Crippen molar-refractivity contribution in [3.8, 4) is 11.5 Å². The summed E-state index contributed by atoms with van der Waals surface area (Å²) in [5, 5.41) is 0. The van der Waals surface area contributed by atoms with Gasteiger partial charge >= 0.3 is 15.2 Å². The Labute approximate surface area is 128 Å². The van der Waals surface area contributed by atoms with Crippen LogP contribution in [-0.2, 0) is 9.13 Å². The molecule has 0 atom stereocenters. The van der Waals surface area contributed by atoms with Gasteiger partial charge in [0.1, 0.15) is 11.5 Å². The third-order valence-electron chi connectivity index (χ3n) is 2.64. The van der Waals surface area contributed by atoms with Crippen molar-refractivity contribution in [3.05, 3.63) is 60.7 Å². The lowest BCUT2D eigenvalue weighted by molar-refractivity contribution is 0.366. The van der Waals surface area contributed by atoms with E-state index < -0.39 is 21.4 Å². The lowest BCUT2D eigenvalue weighted by Gasteiger charge is -2.20. The summed E-state index contributed by atoms with van der Waals surface area (Å²) < 4.78 is 34.6. The van der Waals surface area contributed by atoms with Crippen molar-refractivity contribution in [2.75, 3.05) is 12.3 Å². The van der Waals surface area contributed by atoms with Gasteiger partial charge < -0.3 is 18.8 Å². The summed E-state index contributed by atoms with van der Waals surface area (Å²) in [5.74, 6) is 0.625. The average Bonchev–Trinajstić information content (AvgIpc) is 2.47. The van der Waals surface area contributed by atoms with Crippen LogP contribution in [0.25, 0.3) is 0 Å². The largest absolute Gasteiger partial charge is 0.431 e. The summed E-state index contributed by atoms with van der Waals surface area (Å²) in [6.45, 7) is 0. The van der Waals surface area contributed by atoms with Crippen molar-refractivity contribution in [1.29, 1.82) is 0 Å². The lowest BCUT2D eigenvalue weighted by atomic mass is 10.3. The fourth-order valence-electron chi connectivity index (χ4n) is 1.65. The standard InChI is InChI=1S/C14H16O6P2/c15-21(16,17)11-12-22(18,19-13-7-3-1-4-8-13)20-14-9-5-2-6-10-14/h1-10H,11-12H2,(H2,15,16,17). The maximum Gasteiger partial charge on any atom is 0.431 e. The predicted molar refractivity (Wildman–Crippen MR) is 83.5 cm³/mol. The smallest absolute Gasteiger partial charge is 0.416 e. The molecule has 22 heavy (non-hydrogen) atoms. The molecule has 0 spiro atoms. The van der Waals surface area contributed by atoms with Crippen LogP contribution < -0.4 is 9.05 Å². The van der Waals surface area contributed by atoms with Crippen molar-refractivity contribution >= 4 is 15.2 Å². The minimum absolute atomic E-state index is 0.312. The first kappa shape index (κ1) is 16.8. The van der Waals surface area contributed by atoms with Crippen molar-refractivity contribution in [2.45, 2.75) is 0 Å². The van der Waals surface area contributed by atoms with Gasteiger partial charge in [0.25, 0.3) is 0 Å². The van der Waals surface area contributed by atoms with Crippen LogP contribution >= 0.6 is 15.2 Å². The number of rotatable bonds is 7. The van der Waals surface area contributed by atoms with Gasteiger partial charge in [0.15, 0.2) is 0 Å². The number of hydrogen-bond acceptors (Lipinski definition) is 4.